The van der Waals surface area contributed by atoms with Gasteiger partial charge in [-0.25, -0.2) is 0 Å². The topological polar surface area (TPSA) is 75.6 Å². The average Bonchev–Trinajstić information content (AvgIpc) is 2.85. The first kappa shape index (κ1) is 11.4. The Kier molecular flexibility index (Phi) is 3.14. The average molecular weight is 227 g/mol. The molecule has 1 amide bonds. The Morgan fingerprint density at radius 3 is 2.69 bits per heavy atom. The van der Waals surface area contributed by atoms with Gasteiger partial charge < -0.3 is 15.2 Å². The first-order chi connectivity index (χ1) is 7.59. The summed E-state index contributed by atoms with van der Waals surface area (Å²) >= 11 is 0. The molecule has 1 saturated carbocycles. The van der Waals surface area contributed by atoms with Gasteiger partial charge in [0.15, 0.2) is 0 Å². The highest BCUT2D eigenvalue weighted by Crippen LogP contribution is 2.38. The van der Waals surface area contributed by atoms with Gasteiger partial charge >= 0.3 is 5.97 Å². The van der Waals surface area contributed by atoms with Gasteiger partial charge in [0, 0.05) is 6.61 Å². The Bertz CT molecular complexity index is 298. The number of carboxylic acids is 1. The van der Waals surface area contributed by atoms with Gasteiger partial charge in [0.1, 0.15) is 0 Å². The molecule has 2 fully saturated rings. The molecule has 0 spiro atoms. The van der Waals surface area contributed by atoms with Gasteiger partial charge in [0.25, 0.3) is 0 Å². The van der Waals surface area contributed by atoms with E-state index in [1.54, 1.807) is 0 Å². The van der Waals surface area contributed by atoms with Crippen molar-refractivity contribution in [2.45, 2.75) is 38.3 Å². The fourth-order valence-electron chi connectivity index (χ4n) is 2.18. The Balaban J connectivity index is 1.77. The second-order valence-electron chi connectivity index (χ2n) is 4.64. The van der Waals surface area contributed by atoms with Crippen LogP contribution in [0.1, 0.15) is 26.2 Å². The number of hydrogen-bond acceptors (Lipinski definition) is 3. The van der Waals surface area contributed by atoms with Crippen LogP contribution in [0.15, 0.2) is 0 Å². The zero-order chi connectivity index (χ0) is 11.7. The van der Waals surface area contributed by atoms with E-state index < -0.39 is 11.9 Å². The van der Waals surface area contributed by atoms with E-state index in [1.807, 2.05) is 6.92 Å². The van der Waals surface area contributed by atoms with Gasteiger partial charge in [-0.2, -0.15) is 0 Å². The predicted octanol–water partition coefficient (Wildman–Crippen LogP) is 0.391. The molecule has 2 N–H and O–H groups in total. The molecule has 5 heteroatoms. The van der Waals surface area contributed by atoms with E-state index in [0.717, 1.165) is 19.4 Å². The van der Waals surface area contributed by atoms with Crippen LogP contribution in [0, 0.1) is 11.8 Å². The minimum Gasteiger partial charge on any atom is -0.481 e. The summed E-state index contributed by atoms with van der Waals surface area (Å²) < 4.78 is 5.46. The third-order valence-electron chi connectivity index (χ3n) is 3.34. The maximum atomic E-state index is 11.7. The Hall–Kier alpha value is -1.10. The fraction of sp³-hybridized carbons (Fsp3) is 0.818. The van der Waals surface area contributed by atoms with Crippen LogP contribution in [0.5, 0.6) is 0 Å². The molecule has 1 heterocycles. The molecule has 2 aliphatic rings. The lowest BCUT2D eigenvalue weighted by Crippen LogP contribution is -2.42. The molecule has 1 aliphatic carbocycles. The summed E-state index contributed by atoms with van der Waals surface area (Å²) in [5.41, 5.74) is 0. The lowest BCUT2D eigenvalue weighted by molar-refractivity contribution is -0.140. The maximum absolute atomic E-state index is 11.7. The van der Waals surface area contributed by atoms with E-state index in [1.165, 1.54) is 0 Å². The number of nitrogens with one attached hydrogen (secondary N) is 1. The molecule has 5 nitrogen and oxygen atoms in total. The van der Waals surface area contributed by atoms with Gasteiger partial charge in [-0.05, 0) is 26.2 Å². The van der Waals surface area contributed by atoms with E-state index in [0.29, 0.717) is 6.42 Å². The van der Waals surface area contributed by atoms with Crippen LogP contribution >= 0.6 is 0 Å². The van der Waals surface area contributed by atoms with E-state index >= 15 is 0 Å². The second-order valence-corrected chi connectivity index (χ2v) is 4.64. The molecule has 0 aromatic carbocycles. The largest absolute Gasteiger partial charge is 0.481 e. The second kappa shape index (κ2) is 4.41. The van der Waals surface area contributed by atoms with E-state index in [-0.39, 0.29) is 24.0 Å². The molecule has 90 valence electrons. The maximum Gasteiger partial charge on any atom is 0.307 e. The normalized spacial score (nSPS) is 34.4. The lowest BCUT2D eigenvalue weighted by atomic mass is 10.1. The van der Waals surface area contributed by atoms with Gasteiger partial charge in [-0.15, -0.1) is 0 Å². The summed E-state index contributed by atoms with van der Waals surface area (Å²) in [5.74, 6) is -1.82. The van der Waals surface area contributed by atoms with Crippen LogP contribution in [0.25, 0.3) is 0 Å². The standard InChI is InChI=1S/C11H17NO4/c1-6(9-3-2-4-16-9)12-10(13)7-5-8(7)11(14)15/h6-9H,2-5H2,1H3,(H,12,13)(H,14,15)/t6?,7-,8+,9?/m1/s1. The van der Waals surface area contributed by atoms with Crippen molar-refractivity contribution in [1.29, 1.82) is 0 Å². The van der Waals surface area contributed by atoms with Gasteiger partial charge in [0.05, 0.1) is 24.0 Å². The van der Waals surface area contributed by atoms with Gasteiger partial charge in [0.2, 0.25) is 5.91 Å². The van der Waals surface area contributed by atoms with E-state index in [2.05, 4.69) is 5.32 Å². The molecule has 16 heavy (non-hydrogen) atoms. The highest BCUT2D eigenvalue weighted by Gasteiger charge is 2.48. The Labute approximate surface area is 94.2 Å². The van der Waals surface area contributed by atoms with Crippen LogP contribution in [0.2, 0.25) is 0 Å². The fourth-order valence-corrected chi connectivity index (χ4v) is 2.18. The van der Waals surface area contributed by atoms with Crippen LogP contribution < -0.4 is 5.32 Å². The molecule has 4 atom stereocenters. The zero-order valence-corrected chi connectivity index (χ0v) is 9.31. The highest BCUT2D eigenvalue weighted by molar-refractivity contribution is 5.89. The summed E-state index contributed by atoms with van der Waals surface area (Å²) in [6.45, 7) is 2.66. The third-order valence-corrected chi connectivity index (χ3v) is 3.34. The summed E-state index contributed by atoms with van der Waals surface area (Å²) in [6.07, 6.45) is 2.56. The molecule has 1 saturated heterocycles. The number of carboxylic acid groups (broad SMARTS) is 1. The van der Waals surface area contributed by atoms with Gasteiger partial charge in [-0.1, -0.05) is 0 Å². The first-order valence-corrected chi connectivity index (χ1v) is 5.74. The number of aliphatic carboxylic acids is 1. The van der Waals surface area contributed by atoms with E-state index in [4.69, 9.17) is 9.84 Å². The first-order valence-electron chi connectivity index (χ1n) is 5.74. The van der Waals surface area contributed by atoms with Crippen LogP contribution in [-0.2, 0) is 14.3 Å². The summed E-state index contributed by atoms with van der Waals surface area (Å²) in [6, 6.07) is -0.0231. The number of carbonyl (C=O) groups excluding carboxylic acids is 1. The Morgan fingerprint density at radius 1 is 1.44 bits per heavy atom. The lowest BCUT2D eigenvalue weighted by Gasteiger charge is -2.19. The third kappa shape index (κ3) is 2.35. The van der Waals surface area contributed by atoms with Crippen molar-refractivity contribution in [3.8, 4) is 0 Å². The Morgan fingerprint density at radius 2 is 2.19 bits per heavy atom. The summed E-state index contributed by atoms with van der Waals surface area (Å²) in [4.78, 5) is 22.3. The molecule has 0 aromatic heterocycles. The molecule has 0 aromatic rings. The van der Waals surface area contributed by atoms with Crippen LogP contribution in [0.3, 0.4) is 0 Å². The van der Waals surface area contributed by atoms with Crippen molar-refractivity contribution in [3.05, 3.63) is 0 Å². The molecule has 0 radical (unpaired) electrons. The van der Waals surface area contributed by atoms with Crippen molar-refractivity contribution >= 4 is 11.9 Å². The molecule has 2 rings (SSSR count). The minimum atomic E-state index is -0.870. The smallest absolute Gasteiger partial charge is 0.307 e. The van der Waals surface area contributed by atoms with Crippen molar-refractivity contribution in [1.82, 2.24) is 5.32 Å². The van der Waals surface area contributed by atoms with Crippen LogP contribution in [-0.4, -0.2) is 35.7 Å². The van der Waals surface area contributed by atoms with Crippen molar-refractivity contribution < 1.29 is 19.4 Å². The molecular formula is C11H17NO4. The van der Waals surface area contributed by atoms with Crippen molar-refractivity contribution in [3.63, 3.8) is 0 Å². The molecule has 2 unspecified atom stereocenters. The number of rotatable bonds is 4. The van der Waals surface area contributed by atoms with Crippen molar-refractivity contribution in [2.75, 3.05) is 6.61 Å². The predicted molar refractivity (Wildman–Crippen MR) is 55.8 cm³/mol. The minimum absolute atomic E-state index is 0.0231. The highest BCUT2D eigenvalue weighted by atomic mass is 16.5. The summed E-state index contributed by atoms with van der Waals surface area (Å²) in [7, 11) is 0. The monoisotopic (exact) mass is 227 g/mol. The number of ether oxygens (including phenoxy) is 1. The SMILES string of the molecule is CC(NC(=O)[C@@H]1C[C@@H]1C(=O)O)C1CCCO1. The van der Waals surface area contributed by atoms with E-state index in [9.17, 15) is 9.59 Å². The quantitative estimate of drug-likeness (QED) is 0.728. The number of amides is 1. The van der Waals surface area contributed by atoms with Gasteiger partial charge in [-0.3, -0.25) is 9.59 Å². The number of hydrogen-bond donors (Lipinski definition) is 2. The van der Waals surface area contributed by atoms with Crippen molar-refractivity contribution in [2.24, 2.45) is 11.8 Å². The molecular weight excluding hydrogens is 210 g/mol. The summed E-state index contributed by atoms with van der Waals surface area (Å²) in [5, 5.41) is 11.6. The zero-order valence-electron chi connectivity index (χ0n) is 9.31. The molecule has 0 bridgehead atoms. The van der Waals surface area contributed by atoms with Crippen LogP contribution in [0.4, 0.5) is 0 Å². The molecule has 1 aliphatic heterocycles. The number of carbonyl (C=O) groups is 2.